The van der Waals surface area contributed by atoms with Crippen LogP contribution in [0, 0.1) is 5.41 Å². The van der Waals surface area contributed by atoms with Crippen LogP contribution in [0.2, 0.25) is 0 Å². The molecule has 0 heterocycles. The minimum Gasteiger partial charge on any atom is -0.396 e. The number of carbonyl (C=O) groups excluding carboxylic acids is 2. The second kappa shape index (κ2) is 8.50. The van der Waals surface area contributed by atoms with Gasteiger partial charge in [-0.3, -0.25) is 9.59 Å². The van der Waals surface area contributed by atoms with Crippen LogP contribution in [-0.4, -0.2) is 46.2 Å². The summed E-state index contributed by atoms with van der Waals surface area (Å²) in [6.45, 7) is 5.12. The quantitative estimate of drug-likeness (QED) is 0.603. The van der Waals surface area contributed by atoms with Crippen molar-refractivity contribution < 1.29 is 19.8 Å². The number of hydrogen-bond donors (Lipinski definition) is 3. The number of thioether (sulfide) groups is 1. The summed E-state index contributed by atoms with van der Waals surface area (Å²) in [7, 11) is 0. The van der Waals surface area contributed by atoms with Crippen molar-refractivity contribution in [3.05, 3.63) is 0 Å². The molecule has 0 aromatic heterocycles. The van der Waals surface area contributed by atoms with E-state index in [1.54, 1.807) is 13.8 Å². The van der Waals surface area contributed by atoms with E-state index in [9.17, 15) is 14.7 Å². The van der Waals surface area contributed by atoms with Crippen molar-refractivity contribution in [1.82, 2.24) is 5.32 Å². The van der Waals surface area contributed by atoms with Crippen LogP contribution in [0.5, 0.6) is 0 Å². The predicted molar refractivity (Wildman–Crippen MR) is 72.3 cm³/mol. The maximum Gasteiger partial charge on any atom is 0.249 e. The number of aliphatic hydroxyl groups excluding tert-OH is 2. The van der Waals surface area contributed by atoms with Crippen LogP contribution in [0.3, 0.4) is 0 Å². The summed E-state index contributed by atoms with van der Waals surface area (Å²) >= 11 is 1.25. The summed E-state index contributed by atoms with van der Waals surface area (Å²) in [4.78, 5) is 22.9. The molecule has 5 nitrogen and oxygen atoms in total. The molecule has 1 atom stereocenters. The summed E-state index contributed by atoms with van der Waals surface area (Å²) in [6.07, 6.45) is -0.0876. The smallest absolute Gasteiger partial charge is 0.249 e. The van der Waals surface area contributed by atoms with Gasteiger partial charge in [0.1, 0.15) is 6.10 Å². The Morgan fingerprint density at radius 1 is 1.39 bits per heavy atom. The van der Waals surface area contributed by atoms with E-state index in [0.29, 0.717) is 0 Å². The molecule has 0 unspecified atom stereocenters. The molecular weight excluding hydrogens is 254 g/mol. The Bertz CT molecular complexity index is 281. The second-order valence-corrected chi connectivity index (χ2v) is 5.96. The van der Waals surface area contributed by atoms with Crippen LogP contribution in [0.4, 0.5) is 0 Å². The minimum atomic E-state index is -1.28. The molecule has 106 valence electrons. The first-order valence-electron chi connectivity index (χ1n) is 6.07. The highest BCUT2D eigenvalue weighted by Gasteiger charge is 2.32. The monoisotopic (exact) mass is 277 g/mol. The Balaban J connectivity index is 3.94. The van der Waals surface area contributed by atoms with Gasteiger partial charge in [-0.15, -0.1) is 0 Å². The van der Waals surface area contributed by atoms with Crippen molar-refractivity contribution in [3.63, 3.8) is 0 Å². The van der Waals surface area contributed by atoms with E-state index in [-0.39, 0.29) is 24.7 Å². The molecule has 0 fully saturated rings. The van der Waals surface area contributed by atoms with Gasteiger partial charge in [-0.2, -0.15) is 0 Å². The van der Waals surface area contributed by atoms with Gasteiger partial charge in [0.25, 0.3) is 0 Å². The van der Waals surface area contributed by atoms with E-state index < -0.39 is 17.4 Å². The third kappa shape index (κ3) is 6.37. The molecule has 0 saturated carbocycles. The van der Waals surface area contributed by atoms with E-state index >= 15 is 0 Å². The minimum absolute atomic E-state index is 0.0352. The van der Waals surface area contributed by atoms with Gasteiger partial charge in [0.15, 0.2) is 5.12 Å². The maximum absolute atomic E-state index is 11.6. The third-order valence-electron chi connectivity index (χ3n) is 2.49. The van der Waals surface area contributed by atoms with Gasteiger partial charge in [-0.05, 0) is 6.42 Å². The average molecular weight is 277 g/mol. The van der Waals surface area contributed by atoms with E-state index in [1.807, 2.05) is 6.92 Å². The van der Waals surface area contributed by atoms with Crippen molar-refractivity contribution in [3.8, 4) is 0 Å². The highest BCUT2D eigenvalue weighted by molar-refractivity contribution is 8.13. The molecule has 0 radical (unpaired) electrons. The van der Waals surface area contributed by atoms with E-state index in [4.69, 9.17) is 5.11 Å². The van der Waals surface area contributed by atoms with Crippen LogP contribution in [0.15, 0.2) is 0 Å². The third-order valence-corrected chi connectivity index (χ3v) is 3.63. The molecule has 3 N–H and O–H groups in total. The Kier molecular flexibility index (Phi) is 8.22. The Morgan fingerprint density at radius 3 is 2.50 bits per heavy atom. The Hall–Kier alpha value is -0.590. The van der Waals surface area contributed by atoms with E-state index in [1.165, 1.54) is 11.8 Å². The molecule has 0 rings (SSSR count). The van der Waals surface area contributed by atoms with E-state index in [2.05, 4.69) is 5.32 Å². The van der Waals surface area contributed by atoms with Gasteiger partial charge >= 0.3 is 0 Å². The molecule has 0 aromatic carbocycles. The fourth-order valence-electron chi connectivity index (χ4n) is 1.11. The van der Waals surface area contributed by atoms with Crippen molar-refractivity contribution in [2.75, 3.05) is 18.9 Å². The molecule has 0 aliphatic heterocycles. The SMILES string of the molecule is CCCSC(=O)CCNC(=O)[C@H](O)C(C)(C)CO. The number of aliphatic hydroxyl groups is 2. The first-order valence-corrected chi connectivity index (χ1v) is 7.06. The highest BCUT2D eigenvalue weighted by atomic mass is 32.2. The lowest BCUT2D eigenvalue weighted by molar-refractivity contribution is -0.137. The van der Waals surface area contributed by atoms with Crippen molar-refractivity contribution in [2.24, 2.45) is 5.41 Å². The molecule has 0 aliphatic carbocycles. The number of amides is 1. The maximum atomic E-state index is 11.6. The number of rotatable bonds is 8. The Labute approximate surface area is 112 Å². The highest BCUT2D eigenvalue weighted by Crippen LogP contribution is 2.19. The van der Waals surface area contributed by atoms with Gasteiger partial charge in [0, 0.05) is 24.1 Å². The van der Waals surface area contributed by atoms with Crippen LogP contribution < -0.4 is 5.32 Å². The standard InChI is InChI=1S/C12H23NO4S/c1-4-7-18-9(15)5-6-13-11(17)10(16)12(2,3)8-14/h10,14,16H,4-8H2,1-3H3,(H,13,17)/t10-/m0/s1. The molecule has 0 bridgehead atoms. The van der Waals surface area contributed by atoms with Crippen LogP contribution >= 0.6 is 11.8 Å². The topological polar surface area (TPSA) is 86.6 Å². The number of carbonyl (C=O) groups is 2. The zero-order valence-electron chi connectivity index (χ0n) is 11.2. The van der Waals surface area contributed by atoms with Gasteiger partial charge in [0.2, 0.25) is 5.91 Å². The zero-order valence-corrected chi connectivity index (χ0v) is 12.0. The lowest BCUT2D eigenvalue weighted by Crippen LogP contribution is -2.45. The second-order valence-electron chi connectivity index (χ2n) is 4.81. The zero-order chi connectivity index (χ0) is 14.2. The van der Waals surface area contributed by atoms with Crippen LogP contribution in [-0.2, 0) is 9.59 Å². The molecule has 1 amide bonds. The lowest BCUT2D eigenvalue weighted by atomic mass is 9.87. The van der Waals surface area contributed by atoms with Gasteiger partial charge in [-0.1, -0.05) is 32.5 Å². The van der Waals surface area contributed by atoms with Gasteiger partial charge in [0.05, 0.1) is 6.61 Å². The first-order chi connectivity index (χ1) is 8.35. The molecular formula is C12H23NO4S. The molecule has 0 aliphatic rings. The molecule has 0 spiro atoms. The molecule has 0 saturated heterocycles. The number of hydrogen-bond acceptors (Lipinski definition) is 5. The number of nitrogens with one attached hydrogen (secondary N) is 1. The summed E-state index contributed by atoms with van der Waals surface area (Å²) in [5, 5.41) is 21.2. The van der Waals surface area contributed by atoms with Crippen LogP contribution in [0.25, 0.3) is 0 Å². The van der Waals surface area contributed by atoms with Gasteiger partial charge in [-0.25, -0.2) is 0 Å². The first kappa shape index (κ1) is 17.4. The van der Waals surface area contributed by atoms with E-state index in [0.717, 1.165) is 12.2 Å². The molecule has 6 heteroatoms. The van der Waals surface area contributed by atoms with Gasteiger partial charge < -0.3 is 15.5 Å². The lowest BCUT2D eigenvalue weighted by Gasteiger charge is -2.27. The fourth-order valence-corrected chi connectivity index (χ4v) is 1.79. The summed E-state index contributed by atoms with van der Waals surface area (Å²) in [6, 6.07) is 0. The normalized spacial score (nSPS) is 13.2. The fraction of sp³-hybridized carbons (Fsp3) is 0.833. The van der Waals surface area contributed by atoms with Crippen LogP contribution in [0.1, 0.15) is 33.6 Å². The Morgan fingerprint density at radius 2 is 2.00 bits per heavy atom. The molecule has 18 heavy (non-hydrogen) atoms. The summed E-state index contributed by atoms with van der Waals surface area (Å²) < 4.78 is 0. The average Bonchev–Trinajstić information content (AvgIpc) is 2.35. The molecule has 0 aromatic rings. The van der Waals surface area contributed by atoms with Crippen molar-refractivity contribution >= 4 is 22.8 Å². The van der Waals surface area contributed by atoms with Crippen molar-refractivity contribution in [1.29, 1.82) is 0 Å². The van der Waals surface area contributed by atoms with Crippen molar-refractivity contribution in [2.45, 2.75) is 39.7 Å². The largest absolute Gasteiger partial charge is 0.396 e. The summed E-state index contributed by atoms with van der Waals surface area (Å²) in [5.41, 5.74) is -0.884. The predicted octanol–water partition coefficient (Wildman–Crippen LogP) is 0.542. The summed E-state index contributed by atoms with van der Waals surface area (Å²) in [5.74, 6) is 0.231.